The fourth-order valence-corrected chi connectivity index (χ4v) is 2.32. The van der Waals surface area contributed by atoms with Crippen molar-refractivity contribution in [2.45, 2.75) is 33.2 Å². The second-order valence-corrected chi connectivity index (χ2v) is 5.89. The molecule has 0 aliphatic heterocycles. The van der Waals surface area contributed by atoms with Crippen LogP contribution in [0.5, 0.6) is 0 Å². The van der Waals surface area contributed by atoms with E-state index in [1.807, 2.05) is 24.8 Å². The Bertz CT molecular complexity index is 449. The van der Waals surface area contributed by atoms with Gasteiger partial charge in [0.05, 0.1) is 6.54 Å². The van der Waals surface area contributed by atoms with E-state index in [0.717, 1.165) is 31.0 Å². The van der Waals surface area contributed by atoms with Gasteiger partial charge in [-0.15, -0.1) is 0 Å². The lowest BCUT2D eigenvalue weighted by Gasteiger charge is -2.11. The van der Waals surface area contributed by atoms with E-state index in [9.17, 15) is 4.39 Å². The first kappa shape index (κ1) is 17.8. The minimum atomic E-state index is -0.169. The number of hydrogen-bond acceptors (Lipinski definition) is 2. The Morgan fingerprint density at radius 1 is 1.29 bits per heavy atom. The Balaban J connectivity index is 2.48. The summed E-state index contributed by atoms with van der Waals surface area (Å²) in [5.74, 6) is 1.82. The number of aliphatic imine (C=N–C) groups is 1. The van der Waals surface area contributed by atoms with E-state index >= 15 is 0 Å². The summed E-state index contributed by atoms with van der Waals surface area (Å²) in [5, 5.41) is 6.52. The second kappa shape index (κ2) is 10.5. The molecule has 0 aliphatic rings. The van der Waals surface area contributed by atoms with Crippen LogP contribution in [0.3, 0.4) is 0 Å². The van der Waals surface area contributed by atoms with E-state index in [0.29, 0.717) is 12.1 Å². The molecule has 0 aromatic heterocycles. The molecule has 3 nitrogen and oxygen atoms in total. The zero-order valence-corrected chi connectivity index (χ0v) is 14.0. The number of nitrogens with zero attached hydrogens (tertiary/aromatic N) is 1. The lowest BCUT2D eigenvalue weighted by molar-refractivity contribution is 0.616. The summed E-state index contributed by atoms with van der Waals surface area (Å²) in [6.45, 7) is 6.02. The van der Waals surface area contributed by atoms with Gasteiger partial charge in [0, 0.05) is 13.1 Å². The second-order valence-electron chi connectivity index (χ2n) is 4.91. The van der Waals surface area contributed by atoms with Gasteiger partial charge in [0.1, 0.15) is 5.82 Å². The van der Waals surface area contributed by atoms with E-state index in [2.05, 4.69) is 21.9 Å². The van der Waals surface area contributed by atoms with Crippen LogP contribution in [-0.4, -0.2) is 31.1 Å². The maximum atomic E-state index is 13.5. The molecule has 1 aromatic rings. The molecule has 0 spiro atoms. The molecule has 0 aliphatic carbocycles. The molecule has 0 atom stereocenters. The number of hydrogen-bond donors (Lipinski definition) is 2. The summed E-state index contributed by atoms with van der Waals surface area (Å²) in [5.41, 5.74) is 1.55. The van der Waals surface area contributed by atoms with Gasteiger partial charge >= 0.3 is 0 Å². The molecule has 0 unspecified atom stereocenters. The third-order valence-electron chi connectivity index (χ3n) is 3.07. The van der Waals surface area contributed by atoms with Crippen LogP contribution in [0.25, 0.3) is 0 Å². The van der Waals surface area contributed by atoms with Crippen LogP contribution in [0.1, 0.15) is 30.9 Å². The SMILES string of the molecule is CCNC(=NCc1ccc(C)c(F)c1)NCCCCSC. The van der Waals surface area contributed by atoms with Crippen molar-refractivity contribution in [1.82, 2.24) is 10.6 Å². The van der Waals surface area contributed by atoms with Crippen LogP contribution < -0.4 is 10.6 Å². The van der Waals surface area contributed by atoms with Gasteiger partial charge in [-0.25, -0.2) is 9.38 Å². The number of benzene rings is 1. The zero-order valence-electron chi connectivity index (χ0n) is 13.2. The number of unbranched alkanes of at least 4 members (excludes halogenated alkanes) is 1. The molecular weight excluding hydrogens is 285 g/mol. The molecule has 2 N–H and O–H groups in total. The Hall–Kier alpha value is -1.23. The van der Waals surface area contributed by atoms with Crippen molar-refractivity contribution in [2.24, 2.45) is 4.99 Å². The number of halogens is 1. The largest absolute Gasteiger partial charge is 0.357 e. The summed E-state index contributed by atoms with van der Waals surface area (Å²) in [6.07, 6.45) is 4.46. The zero-order chi connectivity index (χ0) is 15.5. The van der Waals surface area contributed by atoms with Crippen molar-refractivity contribution in [3.05, 3.63) is 35.1 Å². The highest BCUT2D eigenvalue weighted by Gasteiger charge is 2.00. The maximum absolute atomic E-state index is 13.5. The van der Waals surface area contributed by atoms with Crippen LogP contribution in [0, 0.1) is 12.7 Å². The third kappa shape index (κ3) is 7.37. The number of nitrogens with one attached hydrogen (secondary N) is 2. The first-order valence-corrected chi connectivity index (χ1v) is 8.83. The fraction of sp³-hybridized carbons (Fsp3) is 0.562. The lowest BCUT2D eigenvalue weighted by atomic mass is 10.1. The molecule has 21 heavy (non-hydrogen) atoms. The van der Waals surface area contributed by atoms with Gasteiger partial charge in [-0.3, -0.25) is 0 Å². The van der Waals surface area contributed by atoms with E-state index in [-0.39, 0.29) is 5.82 Å². The monoisotopic (exact) mass is 311 g/mol. The molecule has 118 valence electrons. The van der Waals surface area contributed by atoms with E-state index in [4.69, 9.17) is 0 Å². The van der Waals surface area contributed by atoms with Gasteiger partial charge in [-0.2, -0.15) is 11.8 Å². The Kier molecular flexibility index (Phi) is 8.90. The highest BCUT2D eigenvalue weighted by molar-refractivity contribution is 7.98. The van der Waals surface area contributed by atoms with E-state index in [1.54, 1.807) is 19.1 Å². The van der Waals surface area contributed by atoms with Crippen LogP contribution in [0.15, 0.2) is 23.2 Å². The Morgan fingerprint density at radius 2 is 2.10 bits per heavy atom. The molecule has 0 bridgehead atoms. The quantitative estimate of drug-likeness (QED) is 0.439. The van der Waals surface area contributed by atoms with Crippen molar-refractivity contribution in [1.29, 1.82) is 0 Å². The summed E-state index contributed by atoms with van der Waals surface area (Å²) < 4.78 is 13.5. The molecule has 5 heteroatoms. The van der Waals surface area contributed by atoms with Crippen molar-refractivity contribution in [3.63, 3.8) is 0 Å². The van der Waals surface area contributed by atoms with Crippen LogP contribution in [0.4, 0.5) is 4.39 Å². The average molecular weight is 311 g/mol. The van der Waals surface area contributed by atoms with Gasteiger partial charge < -0.3 is 10.6 Å². The number of thioether (sulfide) groups is 1. The van der Waals surface area contributed by atoms with Gasteiger partial charge in [0.15, 0.2) is 5.96 Å². The highest BCUT2D eigenvalue weighted by Crippen LogP contribution is 2.09. The molecular formula is C16H26FN3S. The summed E-state index contributed by atoms with van der Waals surface area (Å²) in [6, 6.07) is 5.27. The molecule has 1 rings (SSSR count). The predicted molar refractivity (Wildman–Crippen MR) is 91.6 cm³/mol. The van der Waals surface area contributed by atoms with Gasteiger partial charge in [-0.1, -0.05) is 12.1 Å². The Labute approximate surface area is 131 Å². The van der Waals surface area contributed by atoms with Crippen molar-refractivity contribution >= 4 is 17.7 Å². The van der Waals surface area contributed by atoms with Crippen molar-refractivity contribution in [3.8, 4) is 0 Å². The minimum Gasteiger partial charge on any atom is -0.357 e. The fourth-order valence-electron chi connectivity index (χ4n) is 1.82. The molecule has 0 amide bonds. The standard InChI is InChI=1S/C16H26FN3S/c1-4-18-16(19-9-5-6-10-21-3)20-12-14-8-7-13(2)15(17)11-14/h7-8,11H,4-6,9-10,12H2,1-3H3,(H2,18,19,20). The third-order valence-corrected chi connectivity index (χ3v) is 3.76. The summed E-state index contributed by atoms with van der Waals surface area (Å²) >= 11 is 1.87. The summed E-state index contributed by atoms with van der Waals surface area (Å²) in [7, 11) is 0. The smallest absolute Gasteiger partial charge is 0.191 e. The molecule has 0 fully saturated rings. The Morgan fingerprint density at radius 3 is 2.76 bits per heavy atom. The van der Waals surface area contributed by atoms with E-state index < -0.39 is 0 Å². The van der Waals surface area contributed by atoms with E-state index in [1.165, 1.54) is 12.2 Å². The highest BCUT2D eigenvalue weighted by atomic mass is 32.2. The predicted octanol–water partition coefficient (Wildman–Crippen LogP) is 3.33. The molecule has 0 radical (unpaired) electrons. The topological polar surface area (TPSA) is 36.4 Å². The minimum absolute atomic E-state index is 0.169. The van der Waals surface area contributed by atoms with Crippen molar-refractivity contribution < 1.29 is 4.39 Å². The maximum Gasteiger partial charge on any atom is 0.191 e. The van der Waals surface area contributed by atoms with Gasteiger partial charge in [-0.05, 0) is 55.9 Å². The first-order chi connectivity index (χ1) is 10.2. The van der Waals surface area contributed by atoms with Crippen LogP contribution in [-0.2, 0) is 6.54 Å². The molecule has 0 saturated heterocycles. The lowest BCUT2D eigenvalue weighted by Crippen LogP contribution is -2.37. The molecule has 0 heterocycles. The number of aryl methyl sites for hydroxylation is 1. The molecule has 1 aromatic carbocycles. The number of guanidine groups is 1. The van der Waals surface area contributed by atoms with Gasteiger partial charge in [0.2, 0.25) is 0 Å². The normalized spacial score (nSPS) is 11.5. The summed E-state index contributed by atoms with van der Waals surface area (Å²) in [4.78, 5) is 4.49. The van der Waals surface area contributed by atoms with Crippen molar-refractivity contribution in [2.75, 3.05) is 25.1 Å². The van der Waals surface area contributed by atoms with Crippen LogP contribution in [0.2, 0.25) is 0 Å². The van der Waals surface area contributed by atoms with Crippen LogP contribution >= 0.6 is 11.8 Å². The number of rotatable bonds is 8. The molecule has 0 saturated carbocycles. The average Bonchev–Trinajstić information content (AvgIpc) is 2.48. The van der Waals surface area contributed by atoms with Gasteiger partial charge in [0.25, 0.3) is 0 Å². The first-order valence-electron chi connectivity index (χ1n) is 7.43.